The second-order valence-electron chi connectivity index (χ2n) is 14.6. The van der Waals surface area contributed by atoms with E-state index in [4.69, 9.17) is 14.5 Å². The minimum absolute atomic E-state index is 0.00354. The first-order chi connectivity index (χ1) is 20.8. The number of amides is 1. The molecule has 0 unspecified atom stereocenters. The Morgan fingerprint density at radius 3 is 2.38 bits per heavy atom. The second kappa shape index (κ2) is 12.0. The number of pyridine rings is 1. The van der Waals surface area contributed by atoms with Crippen molar-refractivity contribution in [3.8, 4) is 0 Å². The minimum Gasteiger partial charge on any atom is -0.460 e. The van der Waals surface area contributed by atoms with Crippen molar-refractivity contribution < 1.29 is 23.5 Å². The van der Waals surface area contributed by atoms with E-state index in [2.05, 4.69) is 65.6 Å². The number of likely N-dealkylation sites (N-methyl/N-ethyl adjacent to an activating group) is 1. The van der Waals surface area contributed by atoms with Crippen molar-refractivity contribution >= 4 is 78.3 Å². The summed E-state index contributed by atoms with van der Waals surface area (Å²) in [6.07, 6.45) is 0.483. The number of nitrogens with zero attached hydrogens (tertiary/aromatic N) is 7. The van der Waals surface area contributed by atoms with Gasteiger partial charge in [-0.1, -0.05) is 5.21 Å². The van der Waals surface area contributed by atoms with Gasteiger partial charge in [0.25, 0.3) is 0 Å². The molecule has 2 aliphatic heterocycles. The highest BCUT2D eigenvalue weighted by atomic mass is 127. The first-order valence-corrected chi connectivity index (χ1v) is 17.0. The maximum absolute atomic E-state index is 15.8. The van der Waals surface area contributed by atoms with Crippen LogP contribution in [-0.2, 0) is 14.3 Å². The van der Waals surface area contributed by atoms with Gasteiger partial charge in [-0.05, 0) is 120 Å². The lowest BCUT2D eigenvalue weighted by molar-refractivity contribution is -0.156. The summed E-state index contributed by atoms with van der Waals surface area (Å²) in [4.78, 5) is 37.1. The summed E-state index contributed by atoms with van der Waals surface area (Å²) in [6.45, 7) is 14.8. The minimum atomic E-state index is -0.691. The van der Waals surface area contributed by atoms with E-state index in [0.717, 1.165) is 0 Å². The number of fused-ring (bicyclic) bond motifs is 3. The Labute approximate surface area is 285 Å². The number of hydrogen-bond acceptors (Lipinski definition) is 9. The molecule has 2 saturated heterocycles. The van der Waals surface area contributed by atoms with Crippen molar-refractivity contribution in [1.29, 1.82) is 0 Å². The van der Waals surface area contributed by atoms with E-state index in [1.165, 1.54) is 0 Å². The number of anilines is 1. The van der Waals surface area contributed by atoms with Crippen LogP contribution in [0.1, 0.15) is 73.8 Å². The zero-order chi connectivity index (χ0) is 33.2. The van der Waals surface area contributed by atoms with Crippen LogP contribution >= 0.6 is 38.5 Å². The summed E-state index contributed by atoms with van der Waals surface area (Å²) in [6, 6.07) is 1.17. The van der Waals surface area contributed by atoms with Crippen molar-refractivity contribution in [3.63, 3.8) is 0 Å². The fourth-order valence-corrected chi connectivity index (χ4v) is 6.85. The molecule has 0 aliphatic carbocycles. The quantitative estimate of drug-likeness (QED) is 0.167. The van der Waals surface area contributed by atoms with Crippen LogP contribution in [0.15, 0.2) is 10.5 Å². The molecule has 0 spiro atoms. The van der Waals surface area contributed by atoms with E-state index in [1.807, 2.05) is 66.4 Å². The van der Waals surface area contributed by atoms with E-state index in [9.17, 15) is 9.59 Å². The van der Waals surface area contributed by atoms with E-state index in [1.54, 1.807) is 4.90 Å². The lowest BCUT2D eigenvalue weighted by Gasteiger charge is -2.52. The summed E-state index contributed by atoms with van der Waals surface area (Å²) < 4.78 is 30.1. The van der Waals surface area contributed by atoms with Gasteiger partial charge in [-0.25, -0.2) is 18.9 Å². The van der Waals surface area contributed by atoms with Gasteiger partial charge < -0.3 is 24.2 Å². The Balaban J connectivity index is 1.57. The number of piperidine rings is 1. The molecule has 3 aromatic rings. The zero-order valence-corrected chi connectivity index (χ0v) is 31.1. The number of esters is 1. The van der Waals surface area contributed by atoms with Crippen molar-refractivity contribution in [2.24, 2.45) is 0 Å². The van der Waals surface area contributed by atoms with Crippen LogP contribution in [0.2, 0.25) is 0 Å². The molecule has 11 nitrogen and oxygen atoms in total. The SMILES string of the molecule is CN(C)C1(C)CN(c2nc3c(F)c(Br)c(I)cc3c3c2nnn3[C@H]2CCN(C(=O)OC(C)(C)C)[C@H](CC(=O)OC(C)(C)C)C2)C1. The fraction of sp³-hybridized carbons (Fsp3) is 0.645. The standard InChI is InChI=1S/C31H42BrFIN7O4/c1-29(2,3)44-21(42)13-18-12-17(10-11-40(18)28(43)45-30(4,5)6)41-26-19-14-20(34)22(32)23(33)24(19)35-27(25(26)36-37-41)39-15-31(7,16-39)38(8)9/h14,17-18H,10-13,15-16H2,1-9H3/t17-,18-/m0/s1. The second-order valence-corrected chi connectivity index (χ2v) is 16.5. The number of carbonyl (C=O) groups is 2. The third-order valence-electron chi connectivity index (χ3n) is 8.44. The molecule has 0 saturated carbocycles. The largest absolute Gasteiger partial charge is 0.460 e. The number of carbonyl (C=O) groups excluding carboxylic acids is 2. The Bertz CT molecular complexity index is 1650. The van der Waals surface area contributed by atoms with Gasteiger partial charge in [0.2, 0.25) is 0 Å². The topological polar surface area (TPSA) is 106 Å². The van der Waals surface area contributed by atoms with Crippen LogP contribution in [0.25, 0.3) is 21.9 Å². The summed E-state index contributed by atoms with van der Waals surface area (Å²) in [5.74, 6) is -0.247. The molecule has 1 aromatic carbocycles. The number of rotatable bonds is 5. The van der Waals surface area contributed by atoms with Gasteiger partial charge in [-0.15, -0.1) is 5.10 Å². The van der Waals surface area contributed by atoms with Crippen molar-refractivity contribution in [1.82, 2.24) is 29.8 Å². The zero-order valence-electron chi connectivity index (χ0n) is 27.4. The molecule has 2 fully saturated rings. The number of benzene rings is 1. The van der Waals surface area contributed by atoms with Gasteiger partial charge in [0.1, 0.15) is 22.2 Å². The van der Waals surface area contributed by atoms with Gasteiger partial charge in [0.15, 0.2) is 17.2 Å². The van der Waals surface area contributed by atoms with Gasteiger partial charge in [0, 0.05) is 34.6 Å². The van der Waals surface area contributed by atoms with Crippen LogP contribution in [0, 0.1) is 9.39 Å². The lowest BCUT2D eigenvalue weighted by Crippen LogP contribution is -2.67. The fourth-order valence-electron chi connectivity index (χ4n) is 6.00. The molecule has 0 bridgehead atoms. The van der Waals surface area contributed by atoms with E-state index in [0.29, 0.717) is 62.8 Å². The summed E-state index contributed by atoms with van der Waals surface area (Å²) in [5, 5.41) is 9.86. The average molecular weight is 803 g/mol. The summed E-state index contributed by atoms with van der Waals surface area (Å²) >= 11 is 5.50. The van der Waals surface area contributed by atoms with Gasteiger partial charge >= 0.3 is 12.1 Å². The smallest absolute Gasteiger partial charge is 0.410 e. The molecule has 246 valence electrons. The monoisotopic (exact) mass is 801 g/mol. The van der Waals surface area contributed by atoms with Crippen LogP contribution in [-0.4, -0.2) is 98.4 Å². The van der Waals surface area contributed by atoms with Crippen LogP contribution < -0.4 is 4.90 Å². The number of likely N-dealkylation sites (tertiary alicyclic amines) is 1. The van der Waals surface area contributed by atoms with Gasteiger partial charge in [-0.3, -0.25) is 4.79 Å². The summed E-state index contributed by atoms with van der Waals surface area (Å²) in [7, 11) is 4.10. The molecule has 4 heterocycles. The van der Waals surface area contributed by atoms with Crippen LogP contribution in [0.5, 0.6) is 0 Å². The van der Waals surface area contributed by atoms with Gasteiger partial charge in [0.05, 0.1) is 22.5 Å². The van der Waals surface area contributed by atoms with E-state index in [-0.39, 0.29) is 23.5 Å². The molecule has 0 N–H and O–H groups in total. The molecular formula is C31H42BrFIN7O4. The highest BCUT2D eigenvalue weighted by molar-refractivity contribution is 14.1. The Hall–Kier alpha value is -2.33. The Morgan fingerprint density at radius 1 is 1.13 bits per heavy atom. The molecule has 45 heavy (non-hydrogen) atoms. The number of hydrogen-bond donors (Lipinski definition) is 0. The molecule has 2 atom stereocenters. The van der Waals surface area contributed by atoms with E-state index >= 15 is 4.39 Å². The Morgan fingerprint density at radius 2 is 1.78 bits per heavy atom. The third-order valence-corrected chi connectivity index (χ3v) is 10.8. The average Bonchev–Trinajstić information content (AvgIpc) is 3.33. The van der Waals surface area contributed by atoms with Crippen molar-refractivity contribution in [2.75, 3.05) is 38.6 Å². The number of ether oxygens (including phenoxy) is 2. The predicted octanol–water partition coefficient (Wildman–Crippen LogP) is 6.30. The van der Waals surface area contributed by atoms with Crippen molar-refractivity contribution in [3.05, 3.63) is 19.9 Å². The lowest BCUT2D eigenvalue weighted by atomic mass is 9.90. The molecular weight excluding hydrogens is 760 g/mol. The Kier molecular flexibility index (Phi) is 9.10. The molecule has 14 heteroatoms. The molecule has 0 radical (unpaired) electrons. The number of halogens is 3. The van der Waals surface area contributed by atoms with E-state index < -0.39 is 35.1 Å². The van der Waals surface area contributed by atoms with Gasteiger partial charge in [-0.2, -0.15) is 0 Å². The van der Waals surface area contributed by atoms with Crippen LogP contribution in [0.4, 0.5) is 15.0 Å². The highest BCUT2D eigenvalue weighted by Gasteiger charge is 2.43. The summed E-state index contributed by atoms with van der Waals surface area (Å²) in [5.41, 5.74) is 0.116. The van der Waals surface area contributed by atoms with Crippen molar-refractivity contribution in [2.45, 2.75) is 96.6 Å². The third kappa shape index (κ3) is 6.87. The molecule has 5 rings (SSSR count). The maximum Gasteiger partial charge on any atom is 0.410 e. The molecule has 2 aromatic heterocycles. The number of aromatic nitrogens is 4. The molecule has 1 amide bonds. The first kappa shape index (κ1) is 34.0. The molecule has 2 aliphatic rings. The van der Waals surface area contributed by atoms with Crippen LogP contribution in [0.3, 0.4) is 0 Å². The predicted molar refractivity (Wildman–Crippen MR) is 183 cm³/mol. The maximum atomic E-state index is 15.8. The normalized spacial score (nSPS) is 20.6. The highest BCUT2D eigenvalue weighted by Crippen LogP contribution is 2.41. The first-order valence-electron chi connectivity index (χ1n) is 15.1.